The molecule has 4 aromatic rings. The number of aromatic nitrogens is 4. The lowest BCUT2D eigenvalue weighted by Gasteiger charge is -2.22. The number of carbonyl (C=O) groups is 1. The second-order valence-corrected chi connectivity index (χ2v) is 7.42. The van der Waals surface area contributed by atoms with Gasteiger partial charge in [-0.1, -0.05) is 30.3 Å². The number of rotatable bonds is 8. The van der Waals surface area contributed by atoms with E-state index in [1.165, 1.54) is 12.0 Å². The fourth-order valence-corrected chi connectivity index (χ4v) is 3.40. The van der Waals surface area contributed by atoms with Gasteiger partial charge in [-0.15, -0.1) is 10.2 Å². The van der Waals surface area contributed by atoms with Crippen LogP contribution >= 0.6 is 0 Å². The van der Waals surface area contributed by atoms with Crippen molar-refractivity contribution in [2.45, 2.75) is 6.04 Å². The fourth-order valence-electron chi connectivity index (χ4n) is 3.40. The summed E-state index contributed by atoms with van der Waals surface area (Å²) >= 11 is 0. The number of carbonyl (C=O) groups excluding carboxylic acids is 1. The second kappa shape index (κ2) is 9.42. The SMILES string of the molecule is COc1c(OCNC(C(=O)N(C)C)c2ccccc2)[nH]n2c(-c3ccc(C#N)cc3)nnc12. The number of ether oxygens (including phenoxy) is 2. The van der Waals surface area contributed by atoms with Crippen LogP contribution in [-0.4, -0.2) is 58.6 Å². The van der Waals surface area contributed by atoms with Gasteiger partial charge in [-0.25, -0.2) is 4.52 Å². The van der Waals surface area contributed by atoms with Gasteiger partial charge in [0.25, 0.3) is 5.88 Å². The van der Waals surface area contributed by atoms with E-state index in [1.807, 2.05) is 30.3 Å². The highest BCUT2D eigenvalue weighted by atomic mass is 16.5. The number of nitrogens with one attached hydrogen (secondary N) is 2. The first-order chi connectivity index (χ1) is 16.0. The average molecular weight is 445 g/mol. The summed E-state index contributed by atoms with van der Waals surface area (Å²) in [6.07, 6.45) is 0. The summed E-state index contributed by atoms with van der Waals surface area (Å²) in [4.78, 5) is 14.2. The predicted octanol–water partition coefficient (Wildman–Crippen LogP) is 2.36. The molecule has 2 heterocycles. The van der Waals surface area contributed by atoms with E-state index in [0.29, 0.717) is 28.7 Å². The fraction of sp³-hybridized carbons (Fsp3) is 0.217. The molecule has 168 valence electrons. The topological polar surface area (TPSA) is 121 Å². The molecule has 4 rings (SSSR count). The molecule has 0 saturated heterocycles. The molecule has 2 N–H and O–H groups in total. The molecular formula is C23H23N7O3. The Hall–Kier alpha value is -4.36. The van der Waals surface area contributed by atoms with Crippen LogP contribution in [0.1, 0.15) is 17.2 Å². The van der Waals surface area contributed by atoms with E-state index >= 15 is 0 Å². The van der Waals surface area contributed by atoms with Crippen molar-refractivity contribution in [3.8, 4) is 29.1 Å². The Bertz CT molecular complexity index is 1290. The van der Waals surface area contributed by atoms with Crippen molar-refractivity contribution in [1.29, 1.82) is 5.26 Å². The largest absolute Gasteiger partial charge is 0.488 e. The number of likely N-dealkylation sites (N-methyl/N-ethyl adjacent to an activating group) is 1. The zero-order valence-corrected chi connectivity index (χ0v) is 18.4. The van der Waals surface area contributed by atoms with Crippen LogP contribution in [0.2, 0.25) is 0 Å². The number of benzene rings is 2. The van der Waals surface area contributed by atoms with Gasteiger partial charge in [-0.3, -0.25) is 15.2 Å². The third kappa shape index (κ3) is 4.35. The van der Waals surface area contributed by atoms with Crippen molar-refractivity contribution in [2.24, 2.45) is 0 Å². The van der Waals surface area contributed by atoms with Crippen molar-refractivity contribution in [1.82, 2.24) is 30.0 Å². The Kier molecular flexibility index (Phi) is 6.24. The highest BCUT2D eigenvalue weighted by Gasteiger charge is 2.23. The Morgan fingerprint density at radius 3 is 2.55 bits per heavy atom. The van der Waals surface area contributed by atoms with E-state index in [2.05, 4.69) is 26.7 Å². The summed E-state index contributed by atoms with van der Waals surface area (Å²) in [7, 11) is 4.94. The summed E-state index contributed by atoms with van der Waals surface area (Å²) in [6.45, 7) is 0.0405. The molecule has 2 aromatic heterocycles. The molecule has 0 radical (unpaired) electrons. The van der Waals surface area contributed by atoms with Crippen LogP contribution in [0.4, 0.5) is 0 Å². The van der Waals surface area contributed by atoms with Gasteiger partial charge in [0.05, 0.1) is 18.7 Å². The molecule has 0 aliphatic heterocycles. The molecular weight excluding hydrogens is 422 g/mol. The molecule has 0 spiro atoms. The Morgan fingerprint density at radius 2 is 1.91 bits per heavy atom. The van der Waals surface area contributed by atoms with Gasteiger partial charge in [0.1, 0.15) is 12.8 Å². The van der Waals surface area contributed by atoms with E-state index in [4.69, 9.17) is 14.7 Å². The lowest BCUT2D eigenvalue weighted by molar-refractivity contribution is -0.131. The molecule has 10 nitrogen and oxygen atoms in total. The summed E-state index contributed by atoms with van der Waals surface area (Å²) in [6, 6.07) is 18.0. The number of nitriles is 1. The van der Waals surface area contributed by atoms with Gasteiger partial charge in [-0.2, -0.15) is 5.26 Å². The minimum Gasteiger partial charge on any atom is -0.488 e. The van der Waals surface area contributed by atoms with Gasteiger partial charge in [0.15, 0.2) is 5.82 Å². The van der Waals surface area contributed by atoms with Crippen LogP contribution in [0.5, 0.6) is 11.6 Å². The average Bonchev–Trinajstić information content (AvgIpc) is 3.40. The molecule has 0 saturated carbocycles. The smallest absolute Gasteiger partial charge is 0.255 e. The van der Waals surface area contributed by atoms with E-state index in [9.17, 15) is 4.79 Å². The standard InChI is InChI=1S/C23H23N7O3/c1-29(2)23(31)18(16-7-5-4-6-8-16)25-14-33-22-19(32-3)21-27-26-20(30(21)28-22)17-11-9-15(13-24)10-12-17/h4-12,18,25,28H,14H2,1-3H3. The minimum atomic E-state index is -0.567. The molecule has 1 unspecified atom stereocenters. The van der Waals surface area contributed by atoms with Crippen LogP contribution in [-0.2, 0) is 4.79 Å². The number of amides is 1. The van der Waals surface area contributed by atoms with Gasteiger partial charge < -0.3 is 14.4 Å². The van der Waals surface area contributed by atoms with Crippen molar-refractivity contribution in [3.05, 3.63) is 65.7 Å². The number of fused-ring (bicyclic) bond motifs is 1. The van der Waals surface area contributed by atoms with Gasteiger partial charge in [-0.05, 0) is 29.8 Å². The zero-order chi connectivity index (χ0) is 23.4. The van der Waals surface area contributed by atoms with E-state index in [1.54, 1.807) is 42.9 Å². The number of H-pyrrole nitrogens is 1. The second-order valence-electron chi connectivity index (χ2n) is 7.42. The molecule has 0 aliphatic carbocycles. The molecule has 10 heteroatoms. The molecule has 1 atom stereocenters. The van der Waals surface area contributed by atoms with Gasteiger partial charge in [0.2, 0.25) is 17.3 Å². The maximum Gasteiger partial charge on any atom is 0.255 e. The third-order valence-corrected chi connectivity index (χ3v) is 5.09. The lowest BCUT2D eigenvalue weighted by Crippen LogP contribution is -2.38. The first kappa shape index (κ1) is 21.9. The van der Waals surface area contributed by atoms with Crippen LogP contribution in [0, 0.1) is 11.3 Å². The summed E-state index contributed by atoms with van der Waals surface area (Å²) in [5.41, 5.74) is 2.62. The van der Waals surface area contributed by atoms with Crippen molar-refractivity contribution >= 4 is 11.6 Å². The number of hydrogen-bond donors (Lipinski definition) is 2. The summed E-state index contributed by atoms with van der Waals surface area (Å²) in [5, 5.41) is 23.7. The first-order valence-electron chi connectivity index (χ1n) is 10.2. The molecule has 0 aliphatic rings. The Morgan fingerprint density at radius 1 is 1.18 bits per heavy atom. The van der Waals surface area contributed by atoms with Crippen LogP contribution in [0.25, 0.3) is 17.0 Å². The number of hydrogen-bond acceptors (Lipinski definition) is 7. The third-order valence-electron chi connectivity index (χ3n) is 5.09. The number of nitrogens with zero attached hydrogens (tertiary/aromatic N) is 5. The monoisotopic (exact) mass is 445 g/mol. The Labute approximate surface area is 190 Å². The van der Waals surface area contributed by atoms with Crippen molar-refractivity contribution in [3.63, 3.8) is 0 Å². The summed E-state index contributed by atoms with van der Waals surface area (Å²) < 4.78 is 13.0. The van der Waals surface area contributed by atoms with Gasteiger partial charge in [0, 0.05) is 19.7 Å². The molecule has 0 fully saturated rings. The number of methoxy groups -OCH3 is 1. The zero-order valence-electron chi connectivity index (χ0n) is 18.4. The quantitative estimate of drug-likeness (QED) is 0.400. The van der Waals surface area contributed by atoms with Crippen LogP contribution in [0.3, 0.4) is 0 Å². The Balaban J connectivity index is 1.56. The molecule has 0 bridgehead atoms. The maximum absolute atomic E-state index is 12.7. The maximum atomic E-state index is 12.7. The van der Waals surface area contributed by atoms with Crippen LogP contribution < -0.4 is 14.8 Å². The molecule has 1 amide bonds. The summed E-state index contributed by atoms with van der Waals surface area (Å²) in [5.74, 6) is 1.18. The minimum absolute atomic E-state index is 0.0405. The molecule has 2 aromatic carbocycles. The van der Waals surface area contributed by atoms with Crippen molar-refractivity contribution < 1.29 is 14.3 Å². The highest BCUT2D eigenvalue weighted by Crippen LogP contribution is 2.32. The van der Waals surface area contributed by atoms with Crippen molar-refractivity contribution in [2.75, 3.05) is 27.9 Å². The van der Waals surface area contributed by atoms with Gasteiger partial charge >= 0.3 is 0 Å². The predicted molar refractivity (Wildman–Crippen MR) is 121 cm³/mol. The highest BCUT2D eigenvalue weighted by molar-refractivity contribution is 5.82. The number of aromatic amines is 1. The van der Waals surface area contributed by atoms with Crippen LogP contribution in [0.15, 0.2) is 54.6 Å². The molecule has 33 heavy (non-hydrogen) atoms. The van der Waals surface area contributed by atoms with E-state index in [0.717, 1.165) is 11.1 Å². The van der Waals surface area contributed by atoms with E-state index < -0.39 is 6.04 Å². The first-order valence-corrected chi connectivity index (χ1v) is 10.2. The lowest BCUT2D eigenvalue weighted by atomic mass is 10.1. The van der Waals surface area contributed by atoms with E-state index in [-0.39, 0.29) is 12.6 Å². The normalized spacial score (nSPS) is 11.7.